The molecule has 2 aromatic heterocycles. The van der Waals surface area contributed by atoms with Gasteiger partial charge in [0, 0.05) is 33.2 Å². The summed E-state index contributed by atoms with van der Waals surface area (Å²) in [5, 5.41) is 4.44. The maximum Gasteiger partial charge on any atom is 0.416 e. The molecule has 0 aliphatic carbocycles. The number of carbonyl (C=O) groups is 1. The van der Waals surface area contributed by atoms with Gasteiger partial charge in [-0.1, -0.05) is 13.3 Å². The molecule has 37 heavy (non-hydrogen) atoms. The van der Waals surface area contributed by atoms with E-state index in [1.807, 2.05) is 14.0 Å². The number of aromatic amines is 1. The number of methoxy groups -OCH3 is 1. The number of ether oxygens (including phenoxy) is 2. The lowest BCUT2D eigenvalue weighted by atomic mass is 10.1. The van der Waals surface area contributed by atoms with Crippen LogP contribution in [0.4, 0.5) is 10.5 Å². The summed E-state index contributed by atoms with van der Waals surface area (Å²) >= 11 is 0. The molecule has 1 N–H and O–H groups in total. The molecule has 1 saturated heterocycles. The normalized spacial score (nSPS) is 16.7. The molecule has 1 aromatic carbocycles. The Morgan fingerprint density at radius 2 is 1.92 bits per heavy atom. The van der Waals surface area contributed by atoms with Crippen molar-refractivity contribution < 1.29 is 22.7 Å². The molecule has 2 aliphatic rings. The van der Waals surface area contributed by atoms with Gasteiger partial charge in [-0.25, -0.2) is 23.1 Å². The van der Waals surface area contributed by atoms with Gasteiger partial charge >= 0.3 is 6.09 Å². The number of carbonyl (C=O) groups excluding carboxylic acids is 1. The highest BCUT2D eigenvalue weighted by Gasteiger charge is 2.35. The minimum absolute atomic E-state index is 0.0343. The van der Waals surface area contributed by atoms with Crippen molar-refractivity contribution in [1.29, 1.82) is 0 Å². The van der Waals surface area contributed by atoms with Crippen molar-refractivity contribution in [3.05, 3.63) is 28.2 Å². The van der Waals surface area contributed by atoms with Gasteiger partial charge in [0.25, 0.3) is 5.56 Å². The number of H-pyrrole nitrogens is 1. The summed E-state index contributed by atoms with van der Waals surface area (Å²) in [6.45, 7) is 3.69. The average Bonchev–Trinajstić information content (AvgIpc) is 3.44. The maximum atomic E-state index is 13.7. The van der Waals surface area contributed by atoms with Crippen LogP contribution >= 0.6 is 0 Å². The molecular formula is C23H29N7O6S. The number of benzene rings is 1. The van der Waals surface area contributed by atoms with Crippen molar-refractivity contribution in [2.75, 3.05) is 52.0 Å². The van der Waals surface area contributed by atoms with E-state index in [9.17, 15) is 18.0 Å². The summed E-state index contributed by atoms with van der Waals surface area (Å²) in [6, 6.07) is 2.84. The number of likely N-dealkylation sites (N-methyl/N-ethyl adjacent to an activating group) is 1. The van der Waals surface area contributed by atoms with Gasteiger partial charge in [-0.2, -0.15) is 9.40 Å². The Hall–Kier alpha value is -3.49. The molecule has 5 rings (SSSR count). The smallest absolute Gasteiger partial charge is 0.416 e. The first-order chi connectivity index (χ1) is 17.6. The monoisotopic (exact) mass is 531 g/mol. The number of fused-ring (bicyclic) bond motifs is 2. The lowest BCUT2D eigenvalue weighted by molar-refractivity contribution is 0.174. The summed E-state index contributed by atoms with van der Waals surface area (Å²) in [5.74, 6) is 0.354. The third-order valence-electron chi connectivity index (χ3n) is 6.67. The molecule has 0 saturated carbocycles. The summed E-state index contributed by atoms with van der Waals surface area (Å²) < 4.78 is 40.9. The van der Waals surface area contributed by atoms with E-state index in [0.717, 1.165) is 6.42 Å². The first kappa shape index (κ1) is 25.2. The van der Waals surface area contributed by atoms with Gasteiger partial charge in [0.05, 0.1) is 29.0 Å². The number of aryl methyl sites for hydroxylation is 2. The van der Waals surface area contributed by atoms with Gasteiger partial charge in [0.1, 0.15) is 11.3 Å². The number of nitrogens with zero attached hydrogens (tertiary/aromatic N) is 6. The Labute approximate surface area is 213 Å². The molecule has 0 unspecified atom stereocenters. The summed E-state index contributed by atoms with van der Waals surface area (Å²) in [7, 11) is 0.924. The number of aromatic nitrogens is 4. The minimum Gasteiger partial charge on any atom is -0.470 e. The van der Waals surface area contributed by atoms with Gasteiger partial charge in [-0.05, 0) is 25.6 Å². The van der Waals surface area contributed by atoms with Gasteiger partial charge < -0.3 is 19.4 Å². The van der Waals surface area contributed by atoms with E-state index in [2.05, 4.69) is 15.0 Å². The van der Waals surface area contributed by atoms with Crippen LogP contribution in [0, 0.1) is 0 Å². The van der Waals surface area contributed by atoms with Gasteiger partial charge in [-0.3, -0.25) is 9.48 Å². The Morgan fingerprint density at radius 1 is 1.19 bits per heavy atom. The zero-order valence-corrected chi connectivity index (χ0v) is 22.0. The van der Waals surface area contributed by atoms with E-state index in [0.29, 0.717) is 49.3 Å². The predicted octanol–water partition coefficient (Wildman–Crippen LogP) is 1.13. The van der Waals surface area contributed by atoms with E-state index in [1.165, 1.54) is 33.1 Å². The largest absolute Gasteiger partial charge is 0.470 e. The van der Waals surface area contributed by atoms with Crippen LogP contribution in [-0.4, -0.2) is 90.5 Å². The summed E-state index contributed by atoms with van der Waals surface area (Å²) in [4.78, 5) is 36.2. The molecule has 0 bridgehead atoms. The van der Waals surface area contributed by atoms with Crippen LogP contribution in [0.15, 0.2) is 21.8 Å². The molecule has 13 nitrogen and oxygen atoms in total. The van der Waals surface area contributed by atoms with Crippen LogP contribution in [0.2, 0.25) is 0 Å². The molecule has 2 aliphatic heterocycles. The maximum absolute atomic E-state index is 13.7. The first-order valence-corrected chi connectivity index (χ1v) is 13.4. The first-order valence-electron chi connectivity index (χ1n) is 12.0. The molecular weight excluding hydrogens is 502 g/mol. The molecule has 14 heteroatoms. The number of hydrogen-bond donors (Lipinski definition) is 1. The number of amides is 1. The fraction of sp³-hybridized carbons (Fsp3) is 0.478. The minimum atomic E-state index is -3.92. The zero-order chi connectivity index (χ0) is 26.5. The third-order valence-corrected chi connectivity index (χ3v) is 8.55. The summed E-state index contributed by atoms with van der Waals surface area (Å²) in [6.07, 6.45) is 0.727. The van der Waals surface area contributed by atoms with E-state index >= 15 is 0 Å². The number of piperazine rings is 1. The van der Waals surface area contributed by atoms with Gasteiger partial charge in [0.15, 0.2) is 18.0 Å². The molecule has 198 valence electrons. The number of nitrogens with one attached hydrogen (secondary N) is 1. The number of anilines is 1. The second kappa shape index (κ2) is 9.43. The van der Waals surface area contributed by atoms with Crippen LogP contribution in [0.3, 0.4) is 0 Å². The van der Waals surface area contributed by atoms with Crippen molar-refractivity contribution in [2.24, 2.45) is 7.05 Å². The Kier molecular flexibility index (Phi) is 6.41. The zero-order valence-electron chi connectivity index (χ0n) is 21.1. The van der Waals surface area contributed by atoms with Gasteiger partial charge in [-0.15, -0.1) is 0 Å². The SMILES string of the molecule is CCCc1nn(C)c2c(=O)[nH]c(-c3cc(S(=O)(=O)N4CCN(C)CC4)cc4c3OCN4C(=O)OC)nc12. The molecule has 1 fully saturated rings. The van der Waals surface area contributed by atoms with Crippen molar-refractivity contribution in [2.45, 2.75) is 24.7 Å². The average molecular weight is 532 g/mol. The van der Waals surface area contributed by atoms with Crippen molar-refractivity contribution in [1.82, 2.24) is 29.0 Å². The van der Waals surface area contributed by atoms with Crippen LogP contribution in [0.1, 0.15) is 19.0 Å². The number of rotatable bonds is 5. The fourth-order valence-corrected chi connectivity index (χ4v) is 6.15. The highest BCUT2D eigenvalue weighted by atomic mass is 32.2. The molecule has 4 heterocycles. The Morgan fingerprint density at radius 3 is 2.59 bits per heavy atom. The second-order valence-electron chi connectivity index (χ2n) is 9.13. The van der Waals surface area contributed by atoms with Crippen LogP contribution in [0.5, 0.6) is 5.75 Å². The van der Waals surface area contributed by atoms with Crippen LogP contribution in [0.25, 0.3) is 22.4 Å². The van der Waals surface area contributed by atoms with Crippen molar-refractivity contribution in [3.8, 4) is 17.1 Å². The number of sulfonamides is 1. The highest BCUT2D eigenvalue weighted by Crippen LogP contribution is 2.44. The van der Waals surface area contributed by atoms with Crippen LogP contribution in [-0.2, 0) is 28.2 Å². The van der Waals surface area contributed by atoms with Gasteiger partial charge in [0.2, 0.25) is 10.0 Å². The number of hydrogen-bond acceptors (Lipinski definition) is 9. The molecule has 0 radical (unpaired) electrons. The molecule has 1 amide bonds. The Balaban J connectivity index is 1.72. The molecule has 0 spiro atoms. The predicted molar refractivity (Wildman–Crippen MR) is 135 cm³/mol. The molecule has 3 aromatic rings. The second-order valence-corrected chi connectivity index (χ2v) is 11.1. The fourth-order valence-electron chi connectivity index (χ4n) is 4.68. The lowest BCUT2D eigenvalue weighted by Crippen LogP contribution is -2.47. The van der Waals surface area contributed by atoms with E-state index < -0.39 is 21.7 Å². The topological polar surface area (TPSA) is 143 Å². The van der Waals surface area contributed by atoms with Crippen molar-refractivity contribution in [3.63, 3.8) is 0 Å². The van der Waals surface area contributed by atoms with E-state index in [-0.39, 0.29) is 34.5 Å². The third kappa shape index (κ3) is 4.24. The lowest BCUT2D eigenvalue weighted by Gasteiger charge is -2.31. The van der Waals surface area contributed by atoms with Crippen molar-refractivity contribution >= 4 is 32.8 Å². The molecule has 0 atom stereocenters. The summed E-state index contributed by atoms with van der Waals surface area (Å²) in [5.41, 5.74) is 1.49. The van der Waals surface area contributed by atoms with E-state index in [4.69, 9.17) is 14.5 Å². The quantitative estimate of drug-likeness (QED) is 0.512. The Bertz CT molecular complexity index is 1540. The van der Waals surface area contributed by atoms with Crippen LogP contribution < -0.4 is 15.2 Å². The highest BCUT2D eigenvalue weighted by molar-refractivity contribution is 7.89. The standard InChI is InChI=1S/C23H29N7O6S/c1-5-6-16-18-19(28(3)26-16)22(31)25-21(24-18)15-11-14(37(33,34)29-9-7-27(2)8-10-29)12-17-20(15)36-13-30(17)23(32)35-4/h11-12H,5-10,13H2,1-4H3,(H,24,25,31). The van der Waals surface area contributed by atoms with E-state index in [1.54, 1.807) is 7.05 Å².